The lowest BCUT2D eigenvalue weighted by Gasteiger charge is -2.62. The van der Waals surface area contributed by atoms with Gasteiger partial charge in [-0.3, -0.25) is 4.99 Å². The summed E-state index contributed by atoms with van der Waals surface area (Å²) in [5.41, 5.74) is -1.40. The molecule has 0 amide bonds. The fraction of sp³-hybridized carbons (Fsp3) is 0.982. The van der Waals surface area contributed by atoms with Gasteiger partial charge in [0.15, 0.2) is 31.5 Å². The summed E-state index contributed by atoms with van der Waals surface area (Å²) >= 11 is 0. The molecule has 0 aromatic carbocycles. The Hall–Kier alpha value is -1.49. The molecule has 6 saturated heterocycles. The topological polar surface area (TPSA) is 467 Å². The Kier molecular flexibility index (Phi) is 20.0. The summed E-state index contributed by atoms with van der Waals surface area (Å²) in [6.07, 6.45) is -35.3. The van der Waals surface area contributed by atoms with Crippen molar-refractivity contribution in [3.8, 4) is 0 Å². The molecule has 17 N–H and O–H groups in total. The first-order valence-corrected chi connectivity index (χ1v) is 30.9. The van der Waals surface area contributed by atoms with Gasteiger partial charge in [0.25, 0.3) is 0 Å². The minimum absolute atomic E-state index is 0.00847. The average molecular weight is 1260 g/mol. The van der Waals surface area contributed by atoms with Crippen LogP contribution in [0.5, 0.6) is 0 Å². The number of fused-ring (bicyclic) bond motifs is 8. The lowest BCUT2D eigenvalue weighted by molar-refractivity contribution is -0.404. The van der Waals surface area contributed by atoms with Crippen molar-refractivity contribution in [2.45, 2.75) is 250 Å². The number of hydrogen-bond donors (Lipinski definition) is 17. The third-order valence-corrected chi connectivity index (χ3v) is 22.3. The molecule has 30 heteroatoms. The summed E-state index contributed by atoms with van der Waals surface area (Å²) in [7, 11) is 1.53. The second-order valence-electron chi connectivity index (χ2n) is 27.2. The van der Waals surface area contributed by atoms with E-state index in [-0.39, 0.29) is 60.2 Å². The van der Waals surface area contributed by atoms with Crippen molar-refractivity contribution in [3.05, 3.63) is 0 Å². The molecule has 87 heavy (non-hydrogen) atoms. The molecule has 7 heterocycles. The van der Waals surface area contributed by atoms with Crippen molar-refractivity contribution in [2.24, 2.45) is 51.3 Å². The number of aliphatic hydroxyl groups is 17. The molecule has 7 aliphatic heterocycles. The molecule has 30 nitrogen and oxygen atoms in total. The van der Waals surface area contributed by atoms with Crippen LogP contribution in [-0.2, 0) is 56.8 Å². The first kappa shape index (κ1) is 66.9. The first-order valence-electron chi connectivity index (χ1n) is 30.9. The Balaban J connectivity index is 0.745. The van der Waals surface area contributed by atoms with E-state index in [0.29, 0.717) is 36.8 Å². The first-order chi connectivity index (χ1) is 41.3. The van der Waals surface area contributed by atoms with Crippen molar-refractivity contribution < 1.29 is 144 Å². The van der Waals surface area contributed by atoms with E-state index in [2.05, 4.69) is 13.8 Å². The molecular formula is C57H93NO29. The maximum Gasteiger partial charge on any atom is 0.211 e. The lowest BCUT2D eigenvalue weighted by atomic mass is 9.44. The Morgan fingerprint density at radius 1 is 0.529 bits per heavy atom. The van der Waals surface area contributed by atoms with Crippen molar-refractivity contribution in [2.75, 3.05) is 53.3 Å². The molecular weight excluding hydrogens is 1160 g/mol. The van der Waals surface area contributed by atoms with E-state index >= 15 is 0 Å². The van der Waals surface area contributed by atoms with Crippen LogP contribution in [0.2, 0.25) is 0 Å². The van der Waals surface area contributed by atoms with Crippen LogP contribution in [0.25, 0.3) is 0 Å². The molecule has 0 aromatic rings. The van der Waals surface area contributed by atoms with Gasteiger partial charge in [-0.15, -0.1) is 0 Å². The van der Waals surface area contributed by atoms with Crippen LogP contribution in [0.3, 0.4) is 0 Å². The lowest BCUT2D eigenvalue weighted by Crippen LogP contribution is -2.69. The van der Waals surface area contributed by atoms with E-state index in [9.17, 15) is 86.8 Å². The predicted molar refractivity (Wildman–Crippen MR) is 286 cm³/mol. The van der Waals surface area contributed by atoms with Gasteiger partial charge in [-0.2, -0.15) is 0 Å². The molecule has 10 fully saturated rings. The van der Waals surface area contributed by atoms with Crippen molar-refractivity contribution in [1.29, 1.82) is 0 Å². The summed E-state index contributed by atoms with van der Waals surface area (Å²) in [5.74, 6) is -0.972. The Morgan fingerprint density at radius 2 is 1.09 bits per heavy atom. The number of ether oxygens (including phenoxy) is 12. The summed E-state index contributed by atoms with van der Waals surface area (Å²) < 4.78 is 72.8. The van der Waals surface area contributed by atoms with E-state index in [1.165, 1.54) is 7.11 Å². The normalized spacial score (nSPS) is 56.1. The van der Waals surface area contributed by atoms with Crippen LogP contribution in [0, 0.1) is 46.3 Å². The van der Waals surface area contributed by atoms with Gasteiger partial charge in [0.2, 0.25) is 5.79 Å². The SMILES string of the molecule is CO[C@@]12C[C@H](CO[C@@H]3O[C@H](CO)[C@@H](O)[C@H](O)[C@H]3O)CN=C1[C@@](C)(O)[C@H]1[C@H](C[C@H]3[C@@H]4CC[C@H]5C[C@@H](O[C@@H]6O[C@H](CO)[C@H](O[C@@H]7O[C@H](CO)[C@@H](O)[C@H](O[C@@H]8OC[C@@H](O)[C@H](O)[C@H]8O)[C@H]7O[C@@H]7O[C@H](CO)[C@@H](O)[C@H](O)[C@H]7O)[C@H](O)[C@H]6O)CC[C@]5(C)[C@H]4CC[C@@]31C)O2. The highest BCUT2D eigenvalue weighted by Crippen LogP contribution is 2.70. The molecule has 11 aliphatic rings. The van der Waals surface area contributed by atoms with E-state index in [0.717, 1.165) is 32.1 Å². The molecule has 0 aromatic heterocycles. The molecule has 11 rings (SSSR count). The molecule has 4 saturated carbocycles. The zero-order chi connectivity index (χ0) is 62.6. The largest absolute Gasteiger partial charge is 0.394 e. The molecule has 500 valence electrons. The molecule has 4 aliphatic carbocycles. The summed E-state index contributed by atoms with van der Waals surface area (Å²) in [5, 5.41) is 184. The molecule has 0 unspecified atom stereocenters. The van der Waals surface area contributed by atoms with Gasteiger partial charge < -0.3 is 144 Å². The van der Waals surface area contributed by atoms with Gasteiger partial charge in [0.1, 0.15) is 127 Å². The van der Waals surface area contributed by atoms with Crippen molar-refractivity contribution >= 4 is 5.71 Å². The van der Waals surface area contributed by atoms with Gasteiger partial charge >= 0.3 is 0 Å². The monoisotopic (exact) mass is 1260 g/mol. The third-order valence-electron chi connectivity index (χ3n) is 22.3. The standard InChI is InChI=1S/C57H93NO29/c1-54-9-7-23(11-22(54)5-6-24-25(54)8-10-55(2)26(24)12-28-47(55)56(3,75)53-57(76-4,87-28)13-21(14-58-53)19-77-48-41(72)37(68)34(65)29(15-59)80-48)79-50-43(74)39(70)44(32(18-62)83-50)84-52-46(86-51-42(73)38(69)35(66)30(16-60)81-51)45(36(67)31(17-61)82-52)85-49-40(71)33(64)27(63)20-78-49/h21-52,59-75H,5-20H2,1-4H3/t21-,22-,23-,24+,25-,26-,27+,28-,29+,30+,31+,32+,33-,34+,35+,36+,37-,38-,39+,40+,41+,42+,43+,44-,45-,46+,47-,48+,49-,50+,51-,52-,54-,55-,56-,57+/m0/s1. The summed E-state index contributed by atoms with van der Waals surface area (Å²) in [6, 6.07) is 0. The summed E-state index contributed by atoms with van der Waals surface area (Å²) in [4.78, 5) is 4.96. The quantitative estimate of drug-likeness (QED) is 0.0639. The van der Waals surface area contributed by atoms with E-state index < -0.39 is 198 Å². The van der Waals surface area contributed by atoms with E-state index in [4.69, 9.17) is 61.8 Å². The van der Waals surface area contributed by atoms with Gasteiger partial charge in [-0.1, -0.05) is 13.8 Å². The van der Waals surface area contributed by atoms with Crippen LogP contribution in [-0.4, -0.2) is 317 Å². The van der Waals surface area contributed by atoms with Gasteiger partial charge in [0.05, 0.1) is 51.8 Å². The zero-order valence-corrected chi connectivity index (χ0v) is 49.2. The fourth-order valence-electron chi connectivity index (χ4n) is 17.7. The Labute approximate surface area is 502 Å². The van der Waals surface area contributed by atoms with Crippen LogP contribution < -0.4 is 0 Å². The van der Waals surface area contributed by atoms with Crippen LogP contribution in [0.1, 0.15) is 78.6 Å². The Morgan fingerprint density at radius 3 is 1.76 bits per heavy atom. The highest BCUT2D eigenvalue weighted by molar-refractivity contribution is 6.00. The van der Waals surface area contributed by atoms with Crippen molar-refractivity contribution in [1.82, 2.24) is 0 Å². The predicted octanol–water partition coefficient (Wildman–Crippen LogP) is -6.68. The maximum absolute atomic E-state index is 12.9. The van der Waals surface area contributed by atoms with Crippen LogP contribution in [0.4, 0.5) is 0 Å². The second kappa shape index (κ2) is 26.0. The van der Waals surface area contributed by atoms with Gasteiger partial charge in [0, 0.05) is 31.9 Å². The highest BCUT2D eigenvalue weighted by Gasteiger charge is 2.72. The minimum Gasteiger partial charge on any atom is -0.394 e. The van der Waals surface area contributed by atoms with Crippen LogP contribution in [0.15, 0.2) is 4.99 Å². The molecule has 0 radical (unpaired) electrons. The number of methoxy groups -OCH3 is 1. The Bertz CT molecular complexity index is 2340. The highest BCUT2D eigenvalue weighted by atomic mass is 16.8. The van der Waals surface area contributed by atoms with E-state index in [1.807, 2.05) is 6.92 Å². The van der Waals surface area contributed by atoms with Gasteiger partial charge in [-0.25, -0.2) is 0 Å². The third kappa shape index (κ3) is 11.7. The molecule has 0 bridgehead atoms. The number of hydrogen-bond acceptors (Lipinski definition) is 30. The summed E-state index contributed by atoms with van der Waals surface area (Å²) in [6.45, 7) is 2.99. The van der Waals surface area contributed by atoms with E-state index in [1.54, 1.807) is 0 Å². The number of rotatable bonds is 16. The average Bonchev–Trinajstić information content (AvgIpc) is 1.59. The zero-order valence-electron chi connectivity index (χ0n) is 49.2. The fourth-order valence-corrected chi connectivity index (χ4v) is 17.7. The number of aliphatic imine (C=N–C) groups is 1. The maximum atomic E-state index is 12.9. The molecule has 0 spiro atoms. The minimum atomic E-state index is -2.04. The molecule has 36 atom stereocenters. The van der Waals surface area contributed by atoms with Crippen molar-refractivity contribution in [3.63, 3.8) is 0 Å². The second-order valence-corrected chi connectivity index (χ2v) is 27.2. The number of aliphatic hydroxyl groups excluding tert-OH is 16. The van der Waals surface area contributed by atoms with Gasteiger partial charge in [-0.05, 0) is 92.8 Å². The number of nitrogens with zero attached hydrogens (tertiary/aromatic N) is 1. The van der Waals surface area contributed by atoms with Crippen LogP contribution >= 0.6 is 0 Å². The smallest absolute Gasteiger partial charge is 0.211 e.